The van der Waals surface area contributed by atoms with Gasteiger partial charge in [0, 0.05) is 25.0 Å². The Balaban J connectivity index is 1.57. The lowest BCUT2D eigenvalue weighted by Crippen LogP contribution is -2.32. The van der Waals surface area contributed by atoms with Crippen LogP contribution in [0.4, 0.5) is 0 Å². The summed E-state index contributed by atoms with van der Waals surface area (Å²) in [4.78, 5) is 11.6. The Hall–Kier alpha value is -0.610. The van der Waals surface area contributed by atoms with Crippen molar-refractivity contribution in [1.82, 2.24) is 5.32 Å². The number of ether oxygens (including phenoxy) is 1. The molecule has 17 heavy (non-hydrogen) atoms. The van der Waals surface area contributed by atoms with E-state index in [1.54, 1.807) is 0 Å². The van der Waals surface area contributed by atoms with Crippen LogP contribution in [0.2, 0.25) is 0 Å². The van der Waals surface area contributed by atoms with Gasteiger partial charge in [-0.1, -0.05) is 0 Å². The Labute approximate surface area is 103 Å². The summed E-state index contributed by atoms with van der Waals surface area (Å²) in [7, 11) is 0. The molecule has 0 spiro atoms. The van der Waals surface area contributed by atoms with Crippen molar-refractivity contribution in [2.45, 2.75) is 51.0 Å². The summed E-state index contributed by atoms with van der Waals surface area (Å²) < 4.78 is 5.59. The van der Waals surface area contributed by atoms with Gasteiger partial charge in [-0.05, 0) is 38.5 Å². The van der Waals surface area contributed by atoms with Gasteiger partial charge >= 0.3 is 0 Å². The van der Waals surface area contributed by atoms with Crippen LogP contribution in [0.1, 0.15) is 44.9 Å². The number of amides is 1. The Bertz CT molecular complexity index is 257. The standard InChI is InChI=1S/C13H23NO3/c15-10-13(6-7-13)9-14-12(16)5-4-11-3-1-2-8-17-11/h11,15H,1-10H2,(H,14,16). The molecule has 1 saturated carbocycles. The molecule has 1 saturated heterocycles. The number of hydrogen-bond donors (Lipinski definition) is 2. The van der Waals surface area contributed by atoms with Crippen LogP contribution in [0.25, 0.3) is 0 Å². The van der Waals surface area contributed by atoms with Crippen LogP contribution in [-0.2, 0) is 9.53 Å². The van der Waals surface area contributed by atoms with Crippen molar-refractivity contribution in [2.24, 2.45) is 5.41 Å². The topological polar surface area (TPSA) is 58.6 Å². The van der Waals surface area contributed by atoms with Crippen molar-refractivity contribution in [1.29, 1.82) is 0 Å². The highest BCUT2D eigenvalue weighted by Gasteiger charge is 2.41. The minimum absolute atomic E-state index is 0.0109. The lowest BCUT2D eigenvalue weighted by atomic mass is 10.0. The molecule has 4 nitrogen and oxygen atoms in total. The summed E-state index contributed by atoms with van der Waals surface area (Å²) in [5.41, 5.74) is 0.0109. The third-order valence-corrected chi connectivity index (χ3v) is 3.92. The zero-order valence-electron chi connectivity index (χ0n) is 10.4. The molecule has 98 valence electrons. The second-order valence-corrected chi connectivity index (χ2v) is 5.46. The van der Waals surface area contributed by atoms with Crippen LogP contribution >= 0.6 is 0 Å². The molecular formula is C13H23NO3. The summed E-state index contributed by atoms with van der Waals surface area (Å²) in [6, 6.07) is 0. The van der Waals surface area contributed by atoms with Crippen LogP contribution < -0.4 is 5.32 Å². The molecule has 0 bridgehead atoms. The molecular weight excluding hydrogens is 218 g/mol. The fourth-order valence-electron chi connectivity index (χ4n) is 2.27. The predicted molar refractivity (Wildman–Crippen MR) is 64.6 cm³/mol. The average Bonchev–Trinajstić information content (AvgIpc) is 3.16. The van der Waals surface area contributed by atoms with E-state index in [-0.39, 0.29) is 24.0 Å². The van der Waals surface area contributed by atoms with E-state index in [2.05, 4.69) is 5.32 Å². The van der Waals surface area contributed by atoms with Gasteiger partial charge in [0.1, 0.15) is 0 Å². The molecule has 2 aliphatic rings. The predicted octanol–water partition coefficient (Wildman–Crippen LogP) is 1.22. The van der Waals surface area contributed by atoms with E-state index >= 15 is 0 Å². The molecule has 1 amide bonds. The molecule has 1 atom stereocenters. The quantitative estimate of drug-likeness (QED) is 0.735. The largest absolute Gasteiger partial charge is 0.396 e. The van der Waals surface area contributed by atoms with Gasteiger partial charge in [0.05, 0.1) is 12.7 Å². The third kappa shape index (κ3) is 3.96. The smallest absolute Gasteiger partial charge is 0.220 e. The molecule has 0 aromatic carbocycles. The molecule has 2 fully saturated rings. The number of hydrogen-bond acceptors (Lipinski definition) is 3. The second kappa shape index (κ2) is 5.83. The van der Waals surface area contributed by atoms with Gasteiger partial charge in [-0.3, -0.25) is 4.79 Å². The van der Waals surface area contributed by atoms with E-state index in [0.29, 0.717) is 13.0 Å². The minimum atomic E-state index is 0.0109. The first-order valence-corrected chi connectivity index (χ1v) is 6.73. The molecule has 1 aliphatic heterocycles. The molecule has 1 unspecified atom stereocenters. The lowest BCUT2D eigenvalue weighted by Gasteiger charge is -2.22. The molecule has 0 aromatic heterocycles. The summed E-state index contributed by atoms with van der Waals surface area (Å²) in [6.07, 6.45) is 7.20. The second-order valence-electron chi connectivity index (χ2n) is 5.46. The first-order valence-electron chi connectivity index (χ1n) is 6.73. The highest BCUT2D eigenvalue weighted by molar-refractivity contribution is 5.75. The Morgan fingerprint density at radius 1 is 1.41 bits per heavy atom. The van der Waals surface area contributed by atoms with Crippen LogP contribution in [0, 0.1) is 5.41 Å². The van der Waals surface area contributed by atoms with Gasteiger partial charge in [-0.15, -0.1) is 0 Å². The fourth-order valence-corrected chi connectivity index (χ4v) is 2.27. The number of aliphatic hydroxyl groups is 1. The first kappa shape index (κ1) is 12.8. The molecule has 1 aliphatic carbocycles. The van der Waals surface area contributed by atoms with Crippen LogP contribution in [0.15, 0.2) is 0 Å². The Morgan fingerprint density at radius 3 is 2.82 bits per heavy atom. The summed E-state index contributed by atoms with van der Waals surface area (Å²) >= 11 is 0. The van der Waals surface area contributed by atoms with Crippen molar-refractivity contribution in [2.75, 3.05) is 19.8 Å². The zero-order valence-corrected chi connectivity index (χ0v) is 10.4. The maximum Gasteiger partial charge on any atom is 0.220 e. The van der Waals surface area contributed by atoms with Gasteiger partial charge < -0.3 is 15.2 Å². The lowest BCUT2D eigenvalue weighted by molar-refractivity contribution is -0.122. The maximum atomic E-state index is 11.6. The molecule has 0 aromatic rings. The first-order chi connectivity index (χ1) is 8.24. The summed E-state index contributed by atoms with van der Waals surface area (Å²) in [6.45, 7) is 1.67. The SMILES string of the molecule is O=C(CCC1CCCCO1)NCC1(CO)CC1. The molecule has 2 rings (SSSR count). The van der Waals surface area contributed by atoms with E-state index in [1.807, 2.05) is 0 Å². The number of carbonyl (C=O) groups is 1. The van der Waals surface area contributed by atoms with Gasteiger partial charge in [-0.25, -0.2) is 0 Å². The van der Waals surface area contributed by atoms with Crippen LogP contribution in [0.3, 0.4) is 0 Å². The van der Waals surface area contributed by atoms with Crippen molar-refractivity contribution >= 4 is 5.91 Å². The third-order valence-electron chi connectivity index (χ3n) is 3.92. The van der Waals surface area contributed by atoms with E-state index in [4.69, 9.17) is 9.84 Å². The number of nitrogens with one attached hydrogen (secondary N) is 1. The van der Waals surface area contributed by atoms with Crippen molar-refractivity contribution in [3.63, 3.8) is 0 Å². The Kier molecular flexibility index (Phi) is 4.40. The number of rotatable bonds is 6. The van der Waals surface area contributed by atoms with Gasteiger partial charge in [0.15, 0.2) is 0 Å². The van der Waals surface area contributed by atoms with Gasteiger partial charge in [0.2, 0.25) is 5.91 Å². The van der Waals surface area contributed by atoms with E-state index < -0.39 is 0 Å². The van der Waals surface area contributed by atoms with E-state index in [0.717, 1.165) is 38.7 Å². The van der Waals surface area contributed by atoms with Crippen molar-refractivity contribution in [3.05, 3.63) is 0 Å². The highest BCUT2D eigenvalue weighted by atomic mass is 16.5. The average molecular weight is 241 g/mol. The van der Waals surface area contributed by atoms with E-state index in [9.17, 15) is 4.79 Å². The normalized spacial score (nSPS) is 26.5. The Morgan fingerprint density at radius 2 is 2.24 bits per heavy atom. The maximum absolute atomic E-state index is 11.6. The summed E-state index contributed by atoms with van der Waals surface area (Å²) in [5, 5.41) is 12.1. The van der Waals surface area contributed by atoms with Gasteiger partial charge in [0.25, 0.3) is 0 Å². The fraction of sp³-hybridized carbons (Fsp3) is 0.923. The molecule has 2 N–H and O–H groups in total. The van der Waals surface area contributed by atoms with E-state index in [1.165, 1.54) is 6.42 Å². The monoisotopic (exact) mass is 241 g/mol. The summed E-state index contributed by atoms with van der Waals surface area (Å²) in [5.74, 6) is 0.0962. The molecule has 4 heteroatoms. The van der Waals surface area contributed by atoms with Gasteiger partial charge in [-0.2, -0.15) is 0 Å². The molecule has 0 radical (unpaired) electrons. The number of aliphatic hydroxyl groups excluding tert-OH is 1. The van der Waals surface area contributed by atoms with Crippen molar-refractivity contribution < 1.29 is 14.6 Å². The zero-order chi connectivity index (χ0) is 12.1. The number of carbonyl (C=O) groups excluding carboxylic acids is 1. The minimum Gasteiger partial charge on any atom is -0.396 e. The van der Waals surface area contributed by atoms with Crippen LogP contribution in [-0.4, -0.2) is 36.9 Å². The highest BCUT2D eigenvalue weighted by Crippen LogP contribution is 2.44. The van der Waals surface area contributed by atoms with Crippen molar-refractivity contribution in [3.8, 4) is 0 Å². The molecule has 1 heterocycles. The van der Waals surface area contributed by atoms with Crippen LogP contribution in [0.5, 0.6) is 0 Å².